The Morgan fingerprint density at radius 1 is 0.667 bits per heavy atom. The number of benzene rings is 2. The van der Waals surface area contributed by atoms with Crippen LogP contribution in [0, 0.1) is 20.2 Å². The zero-order chi connectivity index (χ0) is 19.5. The third-order valence-electron chi connectivity index (χ3n) is 4.35. The molecular formula is C20H24N2O4S. The summed E-state index contributed by atoms with van der Waals surface area (Å²) in [7, 11) is 0. The molecule has 0 aliphatic carbocycles. The van der Waals surface area contributed by atoms with Crippen molar-refractivity contribution in [3.05, 3.63) is 79.9 Å². The van der Waals surface area contributed by atoms with E-state index in [1.165, 1.54) is 0 Å². The molecule has 2 aromatic carbocycles. The lowest BCUT2D eigenvalue weighted by Gasteiger charge is -2.05. The van der Waals surface area contributed by atoms with Crippen LogP contribution >= 0.6 is 11.8 Å². The first-order valence-corrected chi connectivity index (χ1v) is 10.3. The summed E-state index contributed by atoms with van der Waals surface area (Å²) in [6.07, 6.45) is 5.40. The van der Waals surface area contributed by atoms with Gasteiger partial charge in [0.1, 0.15) is 0 Å². The van der Waals surface area contributed by atoms with E-state index in [2.05, 4.69) is 0 Å². The summed E-state index contributed by atoms with van der Waals surface area (Å²) in [5, 5.41) is 22.0. The highest BCUT2D eigenvalue weighted by molar-refractivity contribution is 7.99. The van der Waals surface area contributed by atoms with E-state index in [4.69, 9.17) is 0 Å². The average molecular weight is 388 g/mol. The Morgan fingerprint density at radius 2 is 1.07 bits per heavy atom. The number of hydrogen-bond acceptors (Lipinski definition) is 5. The molecule has 0 heterocycles. The quantitative estimate of drug-likeness (QED) is 0.269. The minimum atomic E-state index is -0.318. The molecule has 0 aliphatic heterocycles. The van der Waals surface area contributed by atoms with Crippen molar-refractivity contribution in [2.75, 3.05) is 11.5 Å². The molecule has 0 amide bonds. The molecule has 0 radical (unpaired) electrons. The van der Waals surface area contributed by atoms with Crippen LogP contribution in [0.5, 0.6) is 0 Å². The zero-order valence-electron chi connectivity index (χ0n) is 15.2. The fraction of sp³-hybridized carbons (Fsp3) is 0.400. The Hall–Kier alpha value is -2.41. The Bertz CT molecular complexity index is 704. The molecule has 6 nitrogen and oxygen atoms in total. The molecule has 144 valence electrons. The maximum Gasteiger partial charge on any atom is 0.272 e. The minimum absolute atomic E-state index is 0.208. The second-order valence-electron chi connectivity index (χ2n) is 6.30. The van der Waals surface area contributed by atoms with Gasteiger partial charge in [0.25, 0.3) is 11.4 Å². The fourth-order valence-corrected chi connectivity index (χ4v) is 3.96. The first-order chi connectivity index (χ1) is 13.1. The molecule has 0 bridgehead atoms. The van der Waals surface area contributed by atoms with Crippen molar-refractivity contribution in [2.24, 2.45) is 0 Å². The molecular weight excluding hydrogens is 364 g/mol. The van der Waals surface area contributed by atoms with Gasteiger partial charge in [0, 0.05) is 23.3 Å². The molecule has 2 rings (SSSR count). The maximum atomic E-state index is 11.0. The number of thioether (sulfide) groups is 1. The smallest absolute Gasteiger partial charge is 0.258 e. The van der Waals surface area contributed by atoms with E-state index in [0.29, 0.717) is 0 Å². The molecule has 0 aliphatic rings. The lowest BCUT2D eigenvalue weighted by molar-refractivity contribution is -0.385. The van der Waals surface area contributed by atoms with E-state index in [9.17, 15) is 20.2 Å². The van der Waals surface area contributed by atoms with Gasteiger partial charge in [-0.2, -0.15) is 11.8 Å². The van der Waals surface area contributed by atoms with Gasteiger partial charge in [0.2, 0.25) is 0 Å². The van der Waals surface area contributed by atoms with Crippen LogP contribution < -0.4 is 0 Å². The van der Waals surface area contributed by atoms with Crippen LogP contribution in [0.25, 0.3) is 0 Å². The Balaban J connectivity index is 1.57. The normalized spacial score (nSPS) is 10.7. The number of nitro groups is 2. The molecule has 0 unspecified atom stereocenters. The molecule has 0 saturated carbocycles. The van der Waals surface area contributed by atoms with Crippen LogP contribution in [-0.4, -0.2) is 21.4 Å². The first kappa shape index (κ1) is 20.9. The van der Waals surface area contributed by atoms with Gasteiger partial charge in [-0.15, -0.1) is 0 Å². The van der Waals surface area contributed by atoms with Crippen molar-refractivity contribution < 1.29 is 9.85 Å². The first-order valence-electron chi connectivity index (χ1n) is 9.12. The second kappa shape index (κ2) is 11.3. The molecule has 0 aromatic heterocycles. The zero-order valence-corrected chi connectivity index (χ0v) is 16.0. The van der Waals surface area contributed by atoms with Crippen LogP contribution in [0.1, 0.15) is 36.8 Å². The number of para-hydroxylation sites is 2. The van der Waals surface area contributed by atoms with Gasteiger partial charge in [0.15, 0.2) is 0 Å². The molecule has 0 fully saturated rings. The third kappa shape index (κ3) is 7.02. The average Bonchev–Trinajstić information content (AvgIpc) is 2.67. The summed E-state index contributed by atoms with van der Waals surface area (Å²) in [5.74, 6) is 2.07. The molecule has 0 spiro atoms. The van der Waals surface area contributed by atoms with Gasteiger partial charge in [0.05, 0.1) is 9.85 Å². The fourth-order valence-electron chi connectivity index (χ4n) is 2.94. The largest absolute Gasteiger partial charge is 0.272 e. The predicted octanol–water partition coefficient (Wildman–Crippen LogP) is 5.58. The summed E-state index contributed by atoms with van der Waals surface area (Å²) in [6.45, 7) is 0. The number of hydrogen-bond donors (Lipinski definition) is 0. The number of nitro benzene ring substituents is 2. The molecule has 0 atom stereocenters. The number of nitrogens with zero attached hydrogens (tertiary/aromatic N) is 2. The highest BCUT2D eigenvalue weighted by atomic mass is 32.2. The van der Waals surface area contributed by atoms with Crippen molar-refractivity contribution in [2.45, 2.75) is 38.5 Å². The molecule has 2 aromatic rings. The van der Waals surface area contributed by atoms with E-state index in [1.54, 1.807) is 24.3 Å². The predicted molar refractivity (Wildman–Crippen MR) is 109 cm³/mol. The Kier molecular flexibility index (Phi) is 8.77. The van der Waals surface area contributed by atoms with Gasteiger partial charge < -0.3 is 0 Å². The SMILES string of the molecule is O=[N+]([O-])c1ccccc1CCCCSCCCCc1ccccc1[N+](=O)[O-]. The van der Waals surface area contributed by atoms with Crippen LogP contribution in [0.15, 0.2) is 48.5 Å². The van der Waals surface area contributed by atoms with E-state index in [0.717, 1.165) is 61.2 Å². The number of unbranched alkanes of at least 4 members (excludes halogenated alkanes) is 2. The summed E-state index contributed by atoms with van der Waals surface area (Å²) in [5.41, 5.74) is 2.02. The molecule has 7 heteroatoms. The van der Waals surface area contributed by atoms with Crippen LogP contribution in [0.4, 0.5) is 11.4 Å². The minimum Gasteiger partial charge on any atom is -0.258 e. The highest BCUT2D eigenvalue weighted by Crippen LogP contribution is 2.21. The Morgan fingerprint density at radius 3 is 1.48 bits per heavy atom. The van der Waals surface area contributed by atoms with Crippen molar-refractivity contribution in [1.82, 2.24) is 0 Å². The van der Waals surface area contributed by atoms with Gasteiger partial charge >= 0.3 is 0 Å². The van der Waals surface area contributed by atoms with Crippen LogP contribution in [0.3, 0.4) is 0 Å². The topological polar surface area (TPSA) is 86.3 Å². The van der Waals surface area contributed by atoms with Gasteiger partial charge in [-0.05, 0) is 50.0 Å². The number of aryl methyl sites for hydroxylation is 2. The van der Waals surface area contributed by atoms with E-state index >= 15 is 0 Å². The van der Waals surface area contributed by atoms with Crippen molar-refractivity contribution >= 4 is 23.1 Å². The number of rotatable bonds is 12. The lowest BCUT2D eigenvalue weighted by atomic mass is 10.1. The van der Waals surface area contributed by atoms with Crippen molar-refractivity contribution in [3.8, 4) is 0 Å². The van der Waals surface area contributed by atoms with E-state index in [-0.39, 0.29) is 21.2 Å². The summed E-state index contributed by atoms with van der Waals surface area (Å²) in [4.78, 5) is 21.3. The second-order valence-corrected chi connectivity index (χ2v) is 7.52. The van der Waals surface area contributed by atoms with Crippen molar-refractivity contribution in [3.63, 3.8) is 0 Å². The third-order valence-corrected chi connectivity index (χ3v) is 5.50. The van der Waals surface area contributed by atoms with Crippen LogP contribution in [0.2, 0.25) is 0 Å². The molecule has 0 saturated heterocycles. The molecule has 0 N–H and O–H groups in total. The van der Waals surface area contributed by atoms with E-state index < -0.39 is 0 Å². The van der Waals surface area contributed by atoms with E-state index in [1.807, 2.05) is 36.0 Å². The Labute approximate surface area is 163 Å². The maximum absolute atomic E-state index is 11.0. The highest BCUT2D eigenvalue weighted by Gasteiger charge is 2.12. The summed E-state index contributed by atoms with van der Waals surface area (Å²) < 4.78 is 0. The monoisotopic (exact) mass is 388 g/mol. The summed E-state index contributed by atoms with van der Waals surface area (Å²) >= 11 is 1.88. The standard InChI is InChI=1S/C20H24N2O4S/c23-21(24)19-13-3-1-9-17(19)11-5-7-15-27-16-8-6-12-18-10-2-4-14-20(18)22(25)26/h1-4,9-10,13-14H,5-8,11-12,15-16H2. The summed E-state index contributed by atoms with van der Waals surface area (Å²) in [6, 6.07) is 13.8. The van der Waals surface area contributed by atoms with Crippen LogP contribution in [-0.2, 0) is 12.8 Å². The van der Waals surface area contributed by atoms with Gasteiger partial charge in [-0.3, -0.25) is 20.2 Å². The van der Waals surface area contributed by atoms with Gasteiger partial charge in [-0.1, -0.05) is 36.4 Å². The lowest BCUT2D eigenvalue weighted by Crippen LogP contribution is -1.96. The van der Waals surface area contributed by atoms with Crippen molar-refractivity contribution in [1.29, 1.82) is 0 Å². The van der Waals surface area contributed by atoms with Gasteiger partial charge in [-0.25, -0.2) is 0 Å². The molecule has 27 heavy (non-hydrogen) atoms.